The highest BCUT2D eigenvalue weighted by Crippen LogP contribution is 2.30. The minimum absolute atomic E-state index is 0.376. The van der Waals surface area contributed by atoms with Crippen molar-refractivity contribution in [2.24, 2.45) is 0 Å². The molecular formula is C14H14O2S2. The molecule has 2 rings (SSSR count). The Morgan fingerprint density at radius 3 is 1.94 bits per heavy atom. The van der Waals surface area contributed by atoms with E-state index in [1.165, 1.54) is 11.8 Å². The summed E-state index contributed by atoms with van der Waals surface area (Å²) < 4.78 is 24.1. The SMILES string of the molecule is CC(Sc1ccccc1)S(=O)(=O)c1ccccc1. The molecule has 0 aliphatic rings. The number of hydrogen-bond donors (Lipinski definition) is 0. The van der Waals surface area contributed by atoms with Crippen LogP contribution in [0.2, 0.25) is 0 Å². The lowest BCUT2D eigenvalue weighted by Gasteiger charge is -2.12. The molecule has 0 saturated carbocycles. The number of hydrogen-bond acceptors (Lipinski definition) is 3. The Kier molecular flexibility index (Phi) is 4.09. The van der Waals surface area contributed by atoms with Gasteiger partial charge in [-0.2, -0.15) is 0 Å². The van der Waals surface area contributed by atoms with Crippen molar-refractivity contribution < 1.29 is 8.42 Å². The molecule has 2 aromatic carbocycles. The summed E-state index contributed by atoms with van der Waals surface area (Å²) in [6, 6.07) is 18.1. The first kappa shape index (κ1) is 13.2. The largest absolute Gasteiger partial charge is 0.223 e. The Balaban J connectivity index is 2.21. The molecule has 0 spiro atoms. The van der Waals surface area contributed by atoms with Gasteiger partial charge >= 0.3 is 0 Å². The maximum atomic E-state index is 12.3. The quantitative estimate of drug-likeness (QED) is 0.801. The second-order valence-corrected chi connectivity index (χ2v) is 7.84. The van der Waals surface area contributed by atoms with E-state index in [4.69, 9.17) is 0 Å². The summed E-state index contributed by atoms with van der Waals surface area (Å²) in [4.78, 5) is 1.34. The fraction of sp³-hybridized carbons (Fsp3) is 0.143. The lowest BCUT2D eigenvalue weighted by molar-refractivity contribution is 0.595. The van der Waals surface area contributed by atoms with E-state index in [-0.39, 0.29) is 0 Å². The van der Waals surface area contributed by atoms with Gasteiger partial charge < -0.3 is 0 Å². The highest BCUT2D eigenvalue weighted by Gasteiger charge is 2.23. The van der Waals surface area contributed by atoms with Gasteiger partial charge in [-0.25, -0.2) is 8.42 Å². The van der Waals surface area contributed by atoms with E-state index in [0.717, 1.165) is 4.90 Å². The van der Waals surface area contributed by atoms with Crippen LogP contribution in [-0.4, -0.2) is 13.0 Å². The van der Waals surface area contributed by atoms with E-state index in [1.54, 1.807) is 31.2 Å². The van der Waals surface area contributed by atoms with Gasteiger partial charge in [-0.15, -0.1) is 11.8 Å². The minimum atomic E-state index is -3.27. The first-order chi connectivity index (χ1) is 8.60. The molecule has 0 saturated heterocycles. The summed E-state index contributed by atoms with van der Waals surface area (Å²) in [6.45, 7) is 1.72. The lowest BCUT2D eigenvalue weighted by atomic mass is 10.4. The Morgan fingerprint density at radius 1 is 0.889 bits per heavy atom. The third-order valence-electron chi connectivity index (χ3n) is 2.55. The van der Waals surface area contributed by atoms with Gasteiger partial charge in [-0.3, -0.25) is 0 Å². The maximum Gasteiger partial charge on any atom is 0.190 e. The van der Waals surface area contributed by atoms with E-state index < -0.39 is 14.4 Å². The summed E-state index contributed by atoms with van der Waals surface area (Å²) in [5.74, 6) is 0. The standard InChI is InChI=1S/C14H14O2S2/c1-12(17-13-8-4-2-5-9-13)18(15,16)14-10-6-3-7-11-14/h2-12H,1H3. The molecule has 0 aliphatic carbocycles. The third kappa shape index (κ3) is 2.94. The molecule has 2 nitrogen and oxygen atoms in total. The van der Waals surface area contributed by atoms with Crippen LogP contribution in [-0.2, 0) is 9.84 Å². The number of thioether (sulfide) groups is 1. The number of sulfone groups is 1. The molecule has 2 aromatic rings. The summed E-state index contributed by atoms with van der Waals surface area (Å²) in [5, 5.41) is 0. The van der Waals surface area contributed by atoms with E-state index in [9.17, 15) is 8.42 Å². The molecular weight excluding hydrogens is 264 g/mol. The van der Waals surface area contributed by atoms with Crippen molar-refractivity contribution in [3.63, 3.8) is 0 Å². The van der Waals surface area contributed by atoms with Crippen molar-refractivity contribution in [3.05, 3.63) is 60.7 Å². The van der Waals surface area contributed by atoms with E-state index in [2.05, 4.69) is 0 Å². The van der Waals surface area contributed by atoms with Crippen LogP contribution in [0.4, 0.5) is 0 Å². The molecule has 0 amide bonds. The molecule has 0 aromatic heterocycles. The molecule has 0 bridgehead atoms. The van der Waals surface area contributed by atoms with Crippen LogP contribution in [0.3, 0.4) is 0 Å². The maximum absolute atomic E-state index is 12.3. The Hall–Kier alpha value is -1.26. The van der Waals surface area contributed by atoms with Crippen LogP contribution in [0.1, 0.15) is 6.92 Å². The molecule has 4 heteroatoms. The highest BCUT2D eigenvalue weighted by atomic mass is 32.3. The summed E-state index contributed by atoms with van der Waals surface area (Å²) in [6.07, 6.45) is 0. The van der Waals surface area contributed by atoms with Crippen molar-refractivity contribution in [3.8, 4) is 0 Å². The predicted octanol–water partition coefficient (Wildman–Crippen LogP) is 3.60. The minimum Gasteiger partial charge on any atom is -0.223 e. The Bertz CT molecular complexity index is 592. The van der Waals surface area contributed by atoms with Crippen molar-refractivity contribution in [2.45, 2.75) is 21.3 Å². The van der Waals surface area contributed by atoms with Crippen molar-refractivity contribution in [1.29, 1.82) is 0 Å². The van der Waals surface area contributed by atoms with Gasteiger partial charge in [-0.05, 0) is 31.2 Å². The molecule has 1 atom stereocenters. The van der Waals surface area contributed by atoms with Gasteiger partial charge in [0.1, 0.15) is 4.58 Å². The average Bonchev–Trinajstić information content (AvgIpc) is 2.41. The normalized spacial score (nSPS) is 13.2. The van der Waals surface area contributed by atoms with Gasteiger partial charge in [0, 0.05) is 4.90 Å². The van der Waals surface area contributed by atoms with Crippen LogP contribution in [0.25, 0.3) is 0 Å². The van der Waals surface area contributed by atoms with E-state index in [1.807, 2.05) is 36.4 Å². The fourth-order valence-electron chi connectivity index (χ4n) is 1.56. The van der Waals surface area contributed by atoms with Gasteiger partial charge in [-0.1, -0.05) is 36.4 Å². The average molecular weight is 278 g/mol. The Morgan fingerprint density at radius 2 is 1.39 bits per heavy atom. The molecule has 18 heavy (non-hydrogen) atoms. The van der Waals surface area contributed by atoms with Crippen molar-refractivity contribution in [1.82, 2.24) is 0 Å². The second-order valence-electron chi connectivity index (χ2n) is 3.86. The molecule has 94 valence electrons. The molecule has 0 N–H and O–H groups in total. The smallest absolute Gasteiger partial charge is 0.190 e. The molecule has 0 radical (unpaired) electrons. The number of rotatable bonds is 4. The molecule has 0 aliphatic heterocycles. The first-order valence-electron chi connectivity index (χ1n) is 5.61. The summed E-state index contributed by atoms with van der Waals surface area (Å²) in [7, 11) is -3.27. The zero-order chi connectivity index (χ0) is 13.0. The summed E-state index contributed by atoms with van der Waals surface area (Å²) >= 11 is 1.36. The van der Waals surface area contributed by atoms with Crippen molar-refractivity contribution >= 4 is 21.6 Å². The van der Waals surface area contributed by atoms with Crippen molar-refractivity contribution in [2.75, 3.05) is 0 Å². The van der Waals surface area contributed by atoms with Crippen LogP contribution in [0.15, 0.2) is 70.5 Å². The number of benzene rings is 2. The van der Waals surface area contributed by atoms with Crippen LogP contribution < -0.4 is 0 Å². The monoisotopic (exact) mass is 278 g/mol. The van der Waals surface area contributed by atoms with Crippen LogP contribution >= 0.6 is 11.8 Å². The molecule has 0 heterocycles. The van der Waals surface area contributed by atoms with Gasteiger partial charge in [0.25, 0.3) is 0 Å². The molecule has 0 fully saturated rings. The van der Waals surface area contributed by atoms with E-state index >= 15 is 0 Å². The van der Waals surface area contributed by atoms with Gasteiger partial charge in [0.2, 0.25) is 0 Å². The first-order valence-corrected chi connectivity index (χ1v) is 8.04. The topological polar surface area (TPSA) is 34.1 Å². The molecule has 1 unspecified atom stereocenters. The zero-order valence-corrected chi connectivity index (χ0v) is 11.6. The second kappa shape index (κ2) is 5.59. The third-order valence-corrected chi connectivity index (χ3v) is 6.28. The van der Waals surface area contributed by atoms with Gasteiger partial charge in [0.15, 0.2) is 9.84 Å². The summed E-state index contributed by atoms with van der Waals surface area (Å²) in [5.41, 5.74) is 0. The van der Waals surface area contributed by atoms with Crippen LogP contribution in [0, 0.1) is 0 Å². The van der Waals surface area contributed by atoms with E-state index in [0.29, 0.717) is 4.90 Å². The fourth-order valence-corrected chi connectivity index (χ4v) is 4.35. The Labute approximate surface area is 112 Å². The predicted molar refractivity (Wildman–Crippen MR) is 75.4 cm³/mol. The van der Waals surface area contributed by atoms with Crippen LogP contribution in [0.5, 0.6) is 0 Å². The zero-order valence-electron chi connectivity index (χ0n) is 9.98. The lowest BCUT2D eigenvalue weighted by Crippen LogP contribution is -2.14. The highest BCUT2D eigenvalue weighted by molar-refractivity contribution is 8.13. The van der Waals surface area contributed by atoms with Gasteiger partial charge in [0.05, 0.1) is 4.90 Å².